The molecule has 0 nitrogen and oxygen atoms in total. The van der Waals surface area contributed by atoms with Gasteiger partial charge in [-0.1, -0.05) is 48.1 Å². The molecule has 2 aliphatic rings. The van der Waals surface area contributed by atoms with E-state index in [4.69, 9.17) is 0 Å². The van der Waals surface area contributed by atoms with Gasteiger partial charge >= 0.3 is 0 Å². The van der Waals surface area contributed by atoms with E-state index in [-0.39, 0.29) is 0 Å². The van der Waals surface area contributed by atoms with E-state index < -0.39 is 0 Å². The third-order valence-electron chi connectivity index (χ3n) is 5.66. The van der Waals surface area contributed by atoms with Crippen molar-refractivity contribution in [1.29, 1.82) is 0 Å². The fraction of sp³-hybridized carbons (Fsp3) is 0.524. The fourth-order valence-corrected chi connectivity index (χ4v) is 4.13. The summed E-state index contributed by atoms with van der Waals surface area (Å²) in [7, 11) is 0. The van der Waals surface area contributed by atoms with Gasteiger partial charge in [0.1, 0.15) is 0 Å². The first-order valence-electron chi connectivity index (χ1n) is 8.63. The Labute approximate surface area is 130 Å². The topological polar surface area (TPSA) is 0 Å². The molecule has 0 aliphatic heterocycles. The second-order valence-corrected chi connectivity index (χ2v) is 7.05. The summed E-state index contributed by atoms with van der Waals surface area (Å²) in [5.74, 6) is 3.19. The van der Waals surface area contributed by atoms with Crippen LogP contribution in [0, 0.1) is 24.7 Å². The van der Waals surface area contributed by atoms with Crippen molar-refractivity contribution in [2.45, 2.75) is 51.4 Å². The van der Waals surface area contributed by atoms with Crippen LogP contribution in [-0.2, 0) is 0 Å². The molecular formula is C21H28. The molecule has 21 heavy (non-hydrogen) atoms. The molecule has 112 valence electrons. The van der Waals surface area contributed by atoms with E-state index in [1.54, 1.807) is 0 Å². The van der Waals surface area contributed by atoms with E-state index in [2.05, 4.69) is 56.0 Å². The Bertz CT molecular complexity index is 485. The summed E-state index contributed by atoms with van der Waals surface area (Å²) in [4.78, 5) is 0. The lowest BCUT2D eigenvalue weighted by Gasteiger charge is -2.34. The molecule has 1 saturated carbocycles. The van der Waals surface area contributed by atoms with Crippen LogP contribution in [-0.4, -0.2) is 0 Å². The highest BCUT2D eigenvalue weighted by atomic mass is 14.3. The van der Waals surface area contributed by atoms with E-state index in [9.17, 15) is 0 Å². The van der Waals surface area contributed by atoms with Crippen LogP contribution in [0.4, 0.5) is 0 Å². The van der Waals surface area contributed by atoms with Crippen molar-refractivity contribution in [2.75, 3.05) is 0 Å². The number of rotatable bonds is 3. The molecule has 0 heteroatoms. The maximum atomic E-state index is 3.96. The van der Waals surface area contributed by atoms with E-state index in [1.807, 2.05) is 0 Å². The van der Waals surface area contributed by atoms with E-state index >= 15 is 0 Å². The van der Waals surface area contributed by atoms with Gasteiger partial charge in [0.25, 0.3) is 0 Å². The highest BCUT2D eigenvalue weighted by molar-refractivity contribution is 5.28. The average molecular weight is 280 g/mol. The SMILES string of the molecule is C=CC1CCC(C2C=CC(c3ccc(C)cc3)CC2)CC1. The molecule has 2 unspecified atom stereocenters. The summed E-state index contributed by atoms with van der Waals surface area (Å²) >= 11 is 0. The molecule has 2 atom stereocenters. The van der Waals surface area contributed by atoms with E-state index in [0.29, 0.717) is 5.92 Å². The summed E-state index contributed by atoms with van der Waals surface area (Å²) in [5, 5.41) is 0. The van der Waals surface area contributed by atoms with Crippen LogP contribution in [0.2, 0.25) is 0 Å². The van der Waals surface area contributed by atoms with Crippen LogP contribution in [0.3, 0.4) is 0 Å². The zero-order valence-electron chi connectivity index (χ0n) is 13.3. The fourth-order valence-electron chi connectivity index (χ4n) is 4.13. The average Bonchev–Trinajstić information content (AvgIpc) is 2.56. The molecular weight excluding hydrogens is 252 g/mol. The molecule has 0 N–H and O–H groups in total. The minimum atomic E-state index is 0.645. The minimum Gasteiger partial charge on any atom is -0.103 e. The molecule has 2 aliphatic carbocycles. The third kappa shape index (κ3) is 3.48. The Hall–Kier alpha value is -1.30. The van der Waals surface area contributed by atoms with E-state index in [1.165, 1.54) is 49.7 Å². The van der Waals surface area contributed by atoms with Gasteiger partial charge in [0, 0.05) is 5.92 Å². The highest BCUT2D eigenvalue weighted by Gasteiger charge is 2.27. The predicted octanol–water partition coefficient (Wildman–Crippen LogP) is 6.04. The van der Waals surface area contributed by atoms with Crippen molar-refractivity contribution in [1.82, 2.24) is 0 Å². The van der Waals surface area contributed by atoms with Crippen LogP contribution in [0.25, 0.3) is 0 Å². The van der Waals surface area contributed by atoms with Gasteiger partial charge in [-0.2, -0.15) is 0 Å². The molecule has 0 amide bonds. The van der Waals surface area contributed by atoms with E-state index in [0.717, 1.165) is 17.8 Å². The summed E-state index contributed by atoms with van der Waals surface area (Å²) in [6.07, 6.45) is 15.4. The predicted molar refractivity (Wildman–Crippen MR) is 91.4 cm³/mol. The zero-order valence-corrected chi connectivity index (χ0v) is 13.3. The lowest BCUT2D eigenvalue weighted by atomic mass is 9.71. The maximum absolute atomic E-state index is 3.96. The Morgan fingerprint density at radius 2 is 1.62 bits per heavy atom. The normalized spacial score (nSPS) is 32.8. The number of allylic oxidation sites excluding steroid dienone is 3. The van der Waals surface area contributed by atoms with Crippen LogP contribution in [0.15, 0.2) is 49.1 Å². The van der Waals surface area contributed by atoms with Gasteiger partial charge in [0.15, 0.2) is 0 Å². The summed E-state index contributed by atoms with van der Waals surface area (Å²) in [6.45, 7) is 6.12. The van der Waals surface area contributed by atoms with Gasteiger partial charge in [0.05, 0.1) is 0 Å². The van der Waals surface area contributed by atoms with Crippen LogP contribution >= 0.6 is 0 Å². The molecule has 0 spiro atoms. The molecule has 0 radical (unpaired) electrons. The van der Waals surface area contributed by atoms with Crippen molar-refractivity contribution in [3.05, 3.63) is 60.2 Å². The second kappa shape index (κ2) is 6.64. The first-order chi connectivity index (χ1) is 10.3. The first-order valence-corrected chi connectivity index (χ1v) is 8.63. The van der Waals surface area contributed by atoms with Crippen molar-refractivity contribution < 1.29 is 0 Å². The number of aryl methyl sites for hydroxylation is 1. The molecule has 1 aromatic carbocycles. The van der Waals surface area contributed by atoms with Gasteiger partial charge in [-0.3, -0.25) is 0 Å². The minimum absolute atomic E-state index is 0.645. The maximum Gasteiger partial charge on any atom is 0.00182 e. The summed E-state index contributed by atoms with van der Waals surface area (Å²) in [6, 6.07) is 9.09. The number of hydrogen-bond acceptors (Lipinski definition) is 0. The third-order valence-corrected chi connectivity index (χ3v) is 5.66. The molecule has 0 saturated heterocycles. The van der Waals surface area contributed by atoms with Gasteiger partial charge in [-0.05, 0) is 68.8 Å². The lowest BCUT2D eigenvalue weighted by Crippen LogP contribution is -2.22. The lowest BCUT2D eigenvalue weighted by molar-refractivity contribution is 0.237. The largest absolute Gasteiger partial charge is 0.103 e. The van der Waals surface area contributed by atoms with Crippen LogP contribution in [0.1, 0.15) is 55.6 Å². The first kappa shape index (κ1) is 14.6. The van der Waals surface area contributed by atoms with Gasteiger partial charge in [0.2, 0.25) is 0 Å². The zero-order chi connectivity index (χ0) is 14.7. The highest BCUT2D eigenvalue weighted by Crippen LogP contribution is 2.40. The van der Waals surface area contributed by atoms with Gasteiger partial charge < -0.3 is 0 Å². The number of benzene rings is 1. The Morgan fingerprint density at radius 3 is 2.19 bits per heavy atom. The molecule has 0 aromatic heterocycles. The monoisotopic (exact) mass is 280 g/mol. The number of hydrogen-bond donors (Lipinski definition) is 0. The molecule has 1 fully saturated rings. The molecule has 3 rings (SSSR count). The second-order valence-electron chi connectivity index (χ2n) is 7.05. The summed E-state index contributed by atoms with van der Waals surface area (Å²) < 4.78 is 0. The summed E-state index contributed by atoms with van der Waals surface area (Å²) in [5.41, 5.74) is 2.85. The van der Waals surface area contributed by atoms with Crippen molar-refractivity contribution in [2.24, 2.45) is 17.8 Å². The van der Waals surface area contributed by atoms with Gasteiger partial charge in [-0.15, -0.1) is 6.58 Å². The molecule has 0 bridgehead atoms. The van der Waals surface area contributed by atoms with Gasteiger partial charge in [-0.25, -0.2) is 0 Å². The van der Waals surface area contributed by atoms with Crippen molar-refractivity contribution in [3.8, 4) is 0 Å². The van der Waals surface area contributed by atoms with Crippen molar-refractivity contribution in [3.63, 3.8) is 0 Å². The van der Waals surface area contributed by atoms with Crippen LogP contribution < -0.4 is 0 Å². The quantitative estimate of drug-likeness (QED) is 0.592. The van der Waals surface area contributed by atoms with Crippen molar-refractivity contribution >= 4 is 0 Å². The van der Waals surface area contributed by atoms with Crippen LogP contribution in [0.5, 0.6) is 0 Å². The Balaban J connectivity index is 1.59. The molecule has 0 heterocycles. The standard InChI is InChI=1S/C21H28/c1-3-17-6-10-19(11-7-17)21-14-12-20(13-15-21)18-8-4-16(2)5-9-18/h3-5,8-9,12,14,17,19-21H,1,6-7,10-11,13,15H2,2H3. The Morgan fingerprint density at radius 1 is 0.905 bits per heavy atom. The molecule has 1 aromatic rings. The smallest absolute Gasteiger partial charge is 0.00182 e. The Kier molecular flexibility index (Phi) is 4.63.